The highest BCUT2D eigenvalue weighted by Crippen LogP contribution is 2.59. The van der Waals surface area contributed by atoms with Gasteiger partial charge in [-0.25, -0.2) is 0 Å². The van der Waals surface area contributed by atoms with Gasteiger partial charge < -0.3 is 8.83 Å². The van der Waals surface area contributed by atoms with Crippen molar-refractivity contribution >= 4 is 27.1 Å². The highest BCUT2D eigenvalue weighted by molar-refractivity contribution is 7.78. The van der Waals surface area contributed by atoms with Gasteiger partial charge in [0.25, 0.3) is 0 Å². The van der Waals surface area contributed by atoms with Gasteiger partial charge in [-0.1, -0.05) is 12.6 Å². The van der Waals surface area contributed by atoms with Crippen LogP contribution in [0.25, 0.3) is 0 Å². The largest absolute Gasteiger partial charge is 0.332 e. The number of hydrogen-bond donors (Lipinski definition) is 0. The van der Waals surface area contributed by atoms with E-state index in [4.69, 9.17) is 8.83 Å². The predicted octanol–water partition coefficient (Wildman–Crippen LogP) is 3.35. The third kappa shape index (κ3) is 8.84. The maximum Gasteiger partial charge on any atom is 0.118 e. The maximum absolute atomic E-state index is 5.78. The van der Waals surface area contributed by atoms with Crippen LogP contribution in [0.1, 0.15) is 20.8 Å². The molecule has 0 aliphatic carbocycles. The summed E-state index contributed by atoms with van der Waals surface area (Å²) in [5, 5.41) is 0. The summed E-state index contributed by atoms with van der Waals surface area (Å²) in [7, 11) is -3.46. The molecule has 0 fully saturated rings. The summed E-state index contributed by atoms with van der Waals surface area (Å²) >= 11 is 0. The fraction of sp³-hybridized carbons (Fsp3) is 0.778. The van der Waals surface area contributed by atoms with Gasteiger partial charge in [0.05, 0.1) is 5.60 Å². The maximum atomic E-state index is 5.78. The van der Waals surface area contributed by atoms with Gasteiger partial charge in [0, 0.05) is 13.8 Å². The van der Waals surface area contributed by atoms with Crippen molar-refractivity contribution in [1.82, 2.24) is 0 Å². The van der Waals surface area contributed by atoms with Crippen molar-refractivity contribution in [2.45, 2.75) is 26.4 Å². The van der Waals surface area contributed by atoms with Crippen LogP contribution in [0.5, 0.6) is 0 Å². The lowest BCUT2D eigenvalue weighted by atomic mass is 10.2. The quantitative estimate of drug-likeness (QED) is 0.684. The van der Waals surface area contributed by atoms with Gasteiger partial charge in [-0.15, -0.1) is 0 Å². The van der Waals surface area contributed by atoms with Crippen LogP contribution in [0.4, 0.5) is 0 Å². The summed E-state index contributed by atoms with van der Waals surface area (Å²) in [6.45, 7) is 12.0. The molecular weight excluding hydrogens is 202 g/mol. The summed E-state index contributed by atoms with van der Waals surface area (Å²) in [5.74, 6) is 0. The van der Waals surface area contributed by atoms with Gasteiger partial charge in [0.2, 0.25) is 0 Å². The molecule has 0 spiro atoms. The van der Waals surface area contributed by atoms with Gasteiger partial charge in [-0.05, 0) is 34.1 Å². The molecule has 0 N–H and O–H groups in total. The molecular formula is C9H22O2P2. The molecule has 80 valence electrons. The van der Waals surface area contributed by atoms with Crippen LogP contribution < -0.4 is 0 Å². The van der Waals surface area contributed by atoms with Crippen molar-refractivity contribution in [3.8, 4) is 0 Å². The third-order valence-electron chi connectivity index (χ3n) is 0.861. The molecule has 0 aromatic heterocycles. The molecule has 0 aromatic carbocycles. The first-order chi connectivity index (χ1) is 5.41. The van der Waals surface area contributed by atoms with Crippen LogP contribution in [0.15, 0.2) is 0 Å². The second-order valence-electron chi connectivity index (χ2n) is 4.87. The van der Waals surface area contributed by atoms with Crippen molar-refractivity contribution in [3.05, 3.63) is 0 Å². The lowest BCUT2D eigenvalue weighted by Gasteiger charge is -2.32. The summed E-state index contributed by atoms with van der Waals surface area (Å²) in [4.78, 5) is 0. The monoisotopic (exact) mass is 224 g/mol. The van der Waals surface area contributed by atoms with Crippen molar-refractivity contribution in [3.63, 3.8) is 0 Å². The molecule has 0 bridgehead atoms. The van der Waals surface area contributed by atoms with E-state index < -0.39 is 14.5 Å². The van der Waals surface area contributed by atoms with E-state index in [9.17, 15) is 0 Å². The number of rotatable bonds is 3. The Kier molecular flexibility index (Phi) is 4.10. The lowest BCUT2D eigenvalue weighted by Crippen LogP contribution is -2.17. The van der Waals surface area contributed by atoms with Crippen LogP contribution >= 0.6 is 14.5 Å². The van der Waals surface area contributed by atoms with Gasteiger partial charge in [-0.3, -0.25) is 0 Å². The Hall–Kier alpha value is 0.520. The number of hydrogen-bond acceptors (Lipinski definition) is 2. The van der Waals surface area contributed by atoms with Crippen molar-refractivity contribution in [2.75, 3.05) is 20.0 Å². The summed E-state index contributed by atoms with van der Waals surface area (Å²) in [6.07, 6.45) is 7.98. The highest BCUT2D eigenvalue weighted by atomic mass is 31.2. The van der Waals surface area contributed by atoms with Crippen LogP contribution in [0.2, 0.25) is 0 Å². The van der Waals surface area contributed by atoms with E-state index in [-0.39, 0.29) is 5.60 Å². The summed E-state index contributed by atoms with van der Waals surface area (Å²) in [6, 6.07) is 0. The van der Waals surface area contributed by atoms with Gasteiger partial charge in [0.1, 0.15) is 7.34 Å². The first-order valence-corrected chi connectivity index (χ1v) is 9.27. The summed E-state index contributed by atoms with van der Waals surface area (Å²) < 4.78 is 11.5. The standard InChI is InChI=1S/C9H22O2P2/c1-9(2,3)10-13(7,8)11-12(4,5)6/h4,7H2,1-3,5-6,8H3. The smallest absolute Gasteiger partial charge is 0.118 e. The Bertz CT molecular complexity index is 257. The Balaban J connectivity index is 4.44. The third-order valence-corrected chi connectivity index (χ3v) is 4.94. The van der Waals surface area contributed by atoms with E-state index >= 15 is 0 Å². The molecule has 1 unspecified atom stereocenters. The van der Waals surface area contributed by atoms with E-state index in [2.05, 4.69) is 12.6 Å². The fourth-order valence-electron chi connectivity index (χ4n) is 1.06. The molecule has 0 heterocycles. The zero-order valence-corrected chi connectivity index (χ0v) is 11.4. The average molecular weight is 224 g/mol. The predicted molar refractivity (Wildman–Crippen MR) is 67.8 cm³/mol. The second kappa shape index (κ2) is 3.95. The molecule has 0 aromatic rings. The van der Waals surface area contributed by atoms with Crippen LogP contribution in [0, 0.1) is 0 Å². The van der Waals surface area contributed by atoms with Crippen molar-refractivity contribution < 1.29 is 8.83 Å². The average Bonchev–Trinajstić information content (AvgIpc) is 1.43. The van der Waals surface area contributed by atoms with E-state index in [1.807, 2.05) is 40.8 Å². The van der Waals surface area contributed by atoms with Gasteiger partial charge in [-0.2, -0.15) is 0 Å². The zero-order chi connectivity index (χ0) is 10.9. The lowest BCUT2D eigenvalue weighted by molar-refractivity contribution is 0.136. The topological polar surface area (TPSA) is 18.5 Å². The first-order valence-electron chi connectivity index (χ1n) is 4.23. The molecule has 0 saturated heterocycles. The Morgan fingerprint density at radius 3 is 1.62 bits per heavy atom. The minimum absolute atomic E-state index is 0.195. The molecule has 4 heteroatoms. The molecule has 0 amide bonds. The molecule has 0 aliphatic rings. The molecule has 0 radical (unpaired) electrons. The first kappa shape index (κ1) is 13.5. The molecule has 0 aliphatic heterocycles. The second-order valence-corrected chi connectivity index (χ2v) is 10.9. The molecule has 1 atom stereocenters. The highest BCUT2D eigenvalue weighted by Gasteiger charge is 2.21. The van der Waals surface area contributed by atoms with Crippen LogP contribution in [0.3, 0.4) is 0 Å². The Morgan fingerprint density at radius 1 is 1.00 bits per heavy atom. The van der Waals surface area contributed by atoms with Gasteiger partial charge >= 0.3 is 0 Å². The normalized spacial score (nSPS) is 18.3. The Morgan fingerprint density at radius 2 is 1.38 bits per heavy atom. The zero-order valence-electron chi connectivity index (χ0n) is 9.63. The minimum atomic E-state index is -1.95. The van der Waals surface area contributed by atoms with Gasteiger partial charge in [0.15, 0.2) is 0 Å². The Labute approximate surface area is 82.8 Å². The van der Waals surface area contributed by atoms with Crippen LogP contribution in [-0.4, -0.2) is 38.2 Å². The van der Waals surface area contributed by atoms with E-state index in [0.29, 0.717) is 0 Å². The molecule has 0 saturated carbocycles. The van der Waals surface area contributed by atoms with E-state index in [0.717, 1.165) is 0 Å². The van der Waals surface area contributed by atoms with E-state index in [1.54, 1.807) is 0 Å². The molecule has 0 rings (SSSR count). The van der Waals surface area contributed by atoms with Crippen molar-refractivity contribution in [1.29, 1.82) is 0 Å². The fourth-order valence-corrected chi connectivity index (χ4v) is 6.10. The van der Waals surface area contributed by atoms with Crippen molar-refractivity contribution in [2.24, 2.45) is 0 Å². The summed E-state index contributed by atoms with van der Waals surface area (Å²) in [5.41, 5.74) is -0.195. The minimum Gasteiger partial charge on any atom is -0.332 e. The SMILES string of the molecule is C=P(C)(C)OP(=C)(C)OC(C)(C)C. The van der Waals surface area contributed by atoms with Crippen LogP contribution in [-0.2, 0) is 8.83 Å². The molecule has 13 heavy (non-hydrogen) atoms. The molecule has 2 nitrogen and oxygen atoms in total. The van der Waals surface area contributed by atoms with E-state index in [1.165, 1.54) is 0 Å².